The Hall–Kier alpha value is -3.64. The van der Waals surface area contributed by atoms with E-state index in [0.717, 1.165) is 9.13 Å². The molecule has 3 aromatic carbocycles. The summed E-state index contributed by atoms with van der Waals surface area (Å²) in [6.45, 7) is 1.93. The van der Waals surface area contributed by atoms with Crippen LogP contribution in [0.15, 0.2) is 72.3 Å². The number of nitrogens with one attached hydrogen (secondary N) is 1. The molecule has 1 amide bonds. The van der Waals surface area contributed by atoms with E-state index in [-0.39, 0.29) is 11.3 Å². The number of hydrogen-bond acceptors (Lipinski definition) is 5. The molecular weight excluding hydrogens is 519 g/mol. The second-order valence-corrected chi connectivity index (χ2v) is 8.05. The Morgan fingerprint density at radius 3 is 2.44 bits per heavy atom. The molecule has 0 aliphatic heterocycles. The van der Waals surface area contributed by atoms with Gasteiger partial charge in [-0.25, -0.2) is 4.79 Å². The fraction of sp³-hybridized carbons (Fsp3) is 0.0800. The van der Waals surface area contributed by atoms with Crippen molar-refractivity contribution in [1.29, 1.82) is 5.26 Å². The molecule has 0 bridgehead atoms. The molecule has 3 rings (SSSR count). The molecule has 0 fully saturated rings. The number of esters is 1. The SMILES string of the molecule is COc1ccc(/C=C(\C#N)C(=O)Nc2cccc(I)c2)cc1OC(=O)c1ccc(C)cc1. The average molecular weight is 538 g/mol. The van der Waals surface area contributed by atoms with Crippen molar-refractivity contribution in [3.05, 3.63) is 92.6 Å². The van der Waals surface area contributed by atoms with Crippen molar-refractivity contribution in [3.8, 4) is 17.6 Å². The summed E-state index contributed by atoms with van der Waals surface area (Å²) in [6.07, 6.45) is 1.42. The topological polar surface area (TPSA) is 88.4 Å². The summed E-state index contributed by atoms with van der Waals surface area (Å²) >= 11 is 2.14. The molecule has 0 saturated carbocycles. The number of aryl methyl sites for hydroxylation is 1. The van der Waals surface area contributed by atoms with E-state index in [9.17, 15) is 14.9 Å². The average Bonchev–Trinajstić information content (AvgIpc) is 2.78. The van der Waals surface area contributed by atoms with Crippen molar-refractivity contribution in [2.24, 2.45) is 0 Å². The fourth-order valence-corrected chi connectivity index (χ4v) is 3.33. The number of nitrogens with zero attached hydrogens (tertiary/aromatic N) is 1. The van der Waals surface area contributed by atoms with Gasteiger partial charge >= 0.3 is 5.97 Å². The smallest absolute Gasteiger partial charge is 0.343 e. The van der Waals surface area contributed by atoms with Gasteiger partial charge in [0.2, 0.25) is 0 Å². The zero-order valence-corrected chi connectivity index (χ0v) is 19.5. The van der Waals surface area contributed by atoms with Gasteiger partial charge in [0.25, 0.3) is 5.91 Å². The minimum Gasteiger partial charge on any atom is -0.493 e. The Balaban J connectivity index is 1.84. The van der Waals surface area contributed by atoms with Crippen LogP contribution in [-0.2, 0) is 4.79 Å². The number of amides is 1. The van der Waals surface area contributed by atoms with Crippen LogP contribution in [0.5, 0.6) is 11.5 Å². The van der Waals surface area contributed by atoms with E-state index in [1.54, 1.807) is 42.5 Å². The van der Waals surface area contributed by atoms with Crippen LogP contribution < -0.4 is 14.8 Å². The summed E-state index contributed by atoms with van der Waals surface area (Å²) in [6, 6.07) is 21.0. The molecule has 0 aromatic heterocycles. The van der Waals surface area contributed by atoms with Crippen LogP contribution in [0, 0.1) is 21.8 Å². The van der Waals surface area contributed by atoms with Crippen LogP contribution in [0.4, 0.5) is 5.69 Å². The van der Waals surface area contributed by atoms with E-state index in [2.05, 4.69) is 27.9 Å². The lowest BCUT2D eigenvalue weighted by atomic mass is 10.1. The van der Waals surface area contributed by atoms with Gasteiger partial charge in [-0.2, -0.15) is 5.26 Å². The number of halogens is 1. The predicted octanol–water partition coefficient (Wildman–Crippen LogP) is 5.37. The molecule has 0 saturated heterocycles. The number of ether oxygens (including phenoxy) is 2. The van der Waals surface area contributed by atoms with Crippen molar-refractivity contribution in [2.75, 3.05) is 12.4 Å². The van der Waals surface area contributed by atoms with Gasteiger partial charge in [-0.05, 0) is 83.6 Å². The second-order valence-electron chi connectivity index (χ2n) is 6.80. The monoisotopic (exact) mass is 538 g/mol. The number of carbonyl (C=O) groups excluding carboxylic acids is 2. The standard InChI is InChI=1S/C25H19IN2O4/c1-16-6-9-18(10-7-16)25(30)32-23-13-17(8-11-22(23)31-2)12-19(15-27)24(29)28-21-5-3-4-20(26)14-21/h3-14H,1-2H3,(H,28,29)/b19-12+. The third-order valence-corrected chi connectivity index (χ3v) is 5.11. The van der Waals surface area contributed by atoms with Gasteiger partial charge in [-0.15, -0.1) is 0 Å². The molecule has 160 valence electrons. The normalized spacial score (nSPS) is 10.8. The molecule has 0 radical (unpaired) electrons. The molecule has 0 heterocycles. The summed E-state index contributed by atoms with van der Waals surface area (Å²) in [5.41, 5.74) is 2.43. The van der Waals surface area contributed by atoms with E-state index in [1.807, 2.05) is 37.3 Å². The molecule has 32 heavy (non-hydrogen) atoms. The number of rotatable bonds is 6. The summed E-state index contributed by atoms with van der Waals surface area (Å²) in [4.78, 5) is 25.1. The first-order valence-electron chi connectivity index (χ1n) is 9.55. The van der Waals surface area contributed by atoms with Crippen LogP contribution in [-0.4, -0.2) is 19.0 Å². The summed E-state index contributed by atoms with van der Waals surface area (Å²) in [5, 5.41) is 12.2. The Bertz CT molecular complexity index is 1230. The maximum atomic E-state index is 12.5. The number of nitriles is 1. The molecule has 6 nitrogen and oxygen atoms in total. The van der Waals surface area contributed by atoms with E-state index < -0.39 is 11.9 Å². The lowest BCUT2D eigenvalue weighted by Gasteiger charge is -2.10. The zero-order valence-electron chi connectivity index (χ0n) is 17.4. The van der Waals surface area contributed by atoms with E-state index in [1.165, 1.54) is 13.2 Å². The number of methoxy groups -OCH3 is 1. The van der Waals surface area contributed by atoms with Gasteiger partial charge in [0, 0.05) is 9.26 Å². The molecule has 0 unspecified atom stereocenters. The van der Waals surface area contributed by atoms with Crippen LogP contribution in [0.1, 0.15) is 21.5 Å². The highest BCUT2D eigenvalue weighted by Gasteiger charge is 2.15. The number of anilines is 1. The van der Waals surface area contributed by atoms with Gasteiger partial charge < -0.3 is 14.8 Å². The Morgan fingerprint density at radius 1 is 1.03 bits per heavy atom. The van der Waals surface area contributed by atoms with Crippen LogP contribution in [0.2, 0.25) is 0 Å². The maximum Gasteiger partial charge on any atom is 0.343 e. The lowest BCUT2D eigenvalue weighted by Crippen LogP contribution is -2.13. The second kappa shape index (κ2) is 10.6. The van der Waals surface area contributed by atoms with Crippen molar-refractivity contribution in [1.82, 2.24) is 0 Å². The minimum absolute atomic E-state index is 0.0927. The summed E-state index contributed by atoms with van der Waals surface area (Å²) < 4.78 is 11.7. The lowest BCUT2D eigenvalue weighted by molar-refractivity contribution is -0.112. The Morgan fingerprint density at radius 2 is 1.78 bits per heavy atom. The van der Waals surface area contributed by atoms with Gasteiger partial charge in [-0.1, -0.05) is 29.8 Å². The molecule has 1 N–H and O–H groups in total. The van der Waals surface area contributed by atoms with E-state index in [4.69, 9.17) is 9.47 Å². The van der Waals surface area contributed by atoms with Gasteiger partial charge in [0.1, 0.15) is 11.6 Å². The van der Waals surface area contributed by atoms with Gasteiger partial charge in [0.05, 0.1) is 12.7 Å². The molecule has 0 aliphatic carbocycles. The highest BCUT2D eigenvalue weighted by atomic mass is 127. The summed E-state index contributed by atoms with van der Waals surface area (Å²) in [5.74, 6) is -0.545. The van der Waals surface area contributed by atoms with E-state index in [0.29, 0.717) is 22.6 Å². The van der Waals surface area contributed by atoms with Crippen molar-refractivity contribution >= 4 is 46.2 Å². The predicted molar refractivity (Wildman–Crippen MR) is 131 cm³/mol. The first-order valence-corrected chi connectivity index (χ1v) is 10.6. The molecular formula is C25H19IN2O4. The highest BCUT2D eigenvalue weighted by molar-refractivity contribution is 14.1. The van der Waals surface area contributed by atoms with Gasteiger partial charge in [-0.3, -0.25) is 4.79 Å². The maximum absolute atomic E-state index is 12.5. The number of carbonyl (C=O) groups is 2. The molecule has 3 aromatic rings. The number of benzene rings is 3. The third kappa shape index (κ3) is 5.95. The van der Waals surface area contributed by atoms with Gasteiger partial charge in [0.15, 0.2) is 11.5 Å². The van der Waals surface area contributed by atoms with Crippen molar-refractivity contribution in [3.63, 3.8) is 0 Å². The molecule has 0 aliphatic rings. The zero-order chi connectivity index (χ0) is 23.1. The van der Waals surface area contributed by atoms with Crippen molar-refractivity contribution < 1.29 is 19.1 Å². The van der Waals surface area contributed by atoms with Crippen LogP contribution in [0.25, 0.3) is 6.08 Å². The Kier molecular flexibility index (Phi) is 7.63. The molecule has 7 heteroatoms. The highest BCUT2D eigenvalue weighted by Crippen LogP contribution is 2.30. The Labute approximate surface area is 199 Å². The summed E-state index contributed by atoms with van der Waals surface area (Å²) in [7, 11) is 1.46. The number of hydrogen-bond donors (Lipinski definition) is 1. The third-order valence-electron chi connectivity index (χ3n) is 4.44. The first-order chi connectivity index (χ1) is 15.4. The molecule has 0 atom stereocenters. The largest absolute Gasteiger partial charge is 0.493 e. The van der Waals surface area contributed by atoms with Crippen molar-refractivity contribution in [2.45, 2.75) is 6.92 Å². The quantitative estimate of drug-likeness (QED) is 0.150. The van der Waals surface area contributed by atoms with Crippen LogP contribution >= 0.6 is 22.6 Å². The molecule has 0 spiro atoms. The van der Waals surface area contributed by atoms with E-state index >= 15 is 0 Å². The fourth-order valence-electron chi connectivity index (χ4n) is 2.79. The first kappa shape index (κ1) is 23.0. The van der Waals surface area contributed by atoms with Crippen LogP contribution in [0.3, 0.4) is 0 Å². The minimum atomic E-state index is -0.540.